The van der Waals surface area contributed by atoms with E-state index in [-0.39, 0.29) is 23.8 Å². The number of aryl methyl sites for hydroxylation is 1. The molecule has 1 saturated carbocycles. The highest BCUT2D eigenvalue weighted by Gasteiger charge is 2.30. The monoisotopic (exact) mass is 277 g/mol. The Morgan fingerprint density at radius 3 is 2.95 bits per heavy atom. The van der Waals surface area contributed by atoms with Gasteiger partial charge in [0, 0.05) is 12.1 Å². The quantitative estimate of drug-likeness (QED) is 0.892. The van der Waals surface area contributed by atoms with E-state index < -0.39 is 5.97 Å². The van der Waals surface area contributed by atoms with Crippen molar-refractivity contribution >= 4 is 5.97 Å². The molecular weight excluding hydrogens is 257 g/mol. The molecule has 3 atom stereocenters. The highest BCUT2D eigenvalue weighted by Crippen LogP contribution is 2.34. The van der Waals surface area contributed by atoms with Crippen LogP contribution in [0.1, 0.15) is 49.3 Å². The topological polar surface area (TPSA) is 49.3 Å². The first-order valence-corrected chi connectivity index (χ1v) is 7.40. The molecule has 0 saturated heterocycles. The highest BCUT2D eigenvalue weighted by atomic mass is 19.1. The van der Waals surface area contributed by atoms with Crippen molar-refractivity contribution in [1.82, 2.24) is 5.32 Å². The number of carboxylic acids is 1. The lowest BCUT2D eigenvalue weighted by Crippen LogP contribution is -2.38. The Labute approximate surface area is 118 Å². The summed E-state index contributed by atoms with van der Waals surface area (Å²) in [5.74, 6) is -1.06. The summed E-state index contributed by atoms with van der Waals surface area (Å²) < 4.78 is 13.2. The van der Waals surface area contributed by atoms with Gasteiger partial charge in [-0.15, -0.1) is 0 Å². The molecule has 2 aliphatic carbocycles. The van der Waals surface area contributed by atoms with Crippen molar-refractivity contribution in [3.8, 4) is 0 Å². The number of hydrogen-bond donors (Lipinski definition) is 2. The molecule has 1 fully saturated rings. The summed E-state index contributed by atoms with van der Waals surface area (Å²) in [5.41, 5.74) is 2.27. The Hall–Kier alpha value is -1.42. The Balaban J connectivity index is 1.66. The SMILES string of the molecule is O=C(O)C1CCCC(NC2CCc3cc(F)ccc32)C1. The maximum absolute atomic E-state index is 13.2. The molecule has 3 rings (SSSR count). The summed E-state index contributed by atoms with van der Waals surface area (Å²) in [5, 5.41) is 12.7. The molecule has 0 radical (unpaired) electrons. The highest BCUT2D eigenvalue weighted by molar-refractivity contribution is 5.70. The Kier molecular flexibility index (Phi) is 3.74. The molecule has 1 aromatic carbocycles. The first-order valence-electron chi connectivity index (χ1n) is 7.40. The van der Waals surface area contributed by atoms with Crippen LogP contribution < -0.4 is 5.32 Å². The molecule has 108 valence electrons. The number of benzene rings is 1. The average molecular weight is 277 g/mol. The van der Waals surface area contributed by atoms with Crippen molar-refractivity contribution in [2.45, 2.75) is 50.6 Å². The molecule has 3 nitrogen and oxygen atoms in total. The van der Waals surface area contributed by atoms with Crippen molar-refractivity contribution in [3.05, 3.63) is 35.1 Å². The van der Waals surface area contributed by atoms with Crippen molar-refractivity contribution in [1.29, 1.82) is 0 Å². The van der Waals surface area contributed by atoms with Crippen molar-refractivity contribution in [2.24, 2.45) is 5.92 Å². The third-order valence-corrected chi connectivity index (χ3v) is 4.64. The lowest BCUT2D eigenvalue weighted by molar-refractivity contribution is -0.143. The van der Waals surface area contributed by atoms with Gasteiger partial charge in [-0.3, -0.25) is 4.79 Å². The minimum Gasteiger partial charge on any atom is -0.481 e. The third-order valence-electron chi connectivity index (χ3n) is 4.64. The number of rotatable bonds is 3. The van der Waals surface area contributed by atoms with Crippen LogP contribution in [0.25, 0.3) is 0 Å². The second kappa shape index (κ2) is 5.52. The summed E-state index contributed by atoms with van der Waals surface area (Å²) in [6.45, 7) is 0. The lowest BCUT2D eigenvalue weighted by atomic mass is 9.85. The van der Waals surface area contributed by atoms with Crippen LogP contribution in [0, 0.1) is 11.7 Å². The fourth-order valence-corrected chi connectivity index (χ4v) is 3.61. The van der Waals surface area contributed by atoms with Gasteiger partial charge in [0.25, 0.3) is 0 Å². The third kappa shape index (κ3) is 2.70. The average Bonchev–Trinajstić information content (AvgIpc) is 2.81. The van der Waals surface area contributed by atoms with E-state index in [2.05, 4.69) is 5.32 Å². The first kappa shape index (κ1) is 13.6. The van der Waals surface area contributed by atoms with E-state index in [0.717, 1.165) is 37.7 Å². The summed E-state index contributed by atoms with van der Waals surface area (Å²) in [6.07, 6.45) is 5.39. The first-order chi connectivity index (χ1) is 9.63. The number of aliphatic carboxylic acids is 1. The smallest absolute Gasteiger partial charge is 0.306 e. The van der Waals surface area contributed by atoms with Gasteiger partial charge in [0.2, 0.25) is 0 Å². The van der Waals surface area contributed by atoms with Gasteiger partial charge >= 0.3 is 5.97 Å². The minimum absolute atomic E-state index is 0.173. The number of carboxylic acid groups (broad SMARTS) is 1. The molecule has 3 unspecified atom stereocenters. The Morgan fingerprint density at radius 1 is 1.30 bits per heavy atom. The van der Waals surface area contributed by atoms with E-state index >= 15 is 0 Å². The summed E-state index contributed by atoms with van der Waals surface area (Å²) >= 11 is 0. The predicted octanol–water partition coefficient (Wildman–Crippen LogP) is 3.05. The molecule has 1 aromatic rings. The van der Waals surface area contributed by atoms with Crippen LogP contribution >= 0.6 is 0 Å². The van der Waals surface area contributed by atoms with E-state index in [1.54, 1.807) is 6.07 Å². The molecular formula is C16H20FNO2. The van der Waals surface area contributed by atoms with Gasteiger partial charge in [0.1, 0.15) is 5.82 Å². The largest absolute Gasteiger partial charge is 0.481 e. The number of fused-ring (bicyclic) bond motifs is 1. The standard InChI is InChI=1S/C16H20FNO2/c17-12-5-6-14-10(8-12)4-7-15(14)18-13-3-1-2-11(9-13)16(19)20/h5-6,8,11,13,15,18H,1-4,7,9H2,(H,19,20). The number of nitrogens with one attached hydrogen (secondary N) is 1. The van der Waals surface area contributed by atoms with Crippen LogP contribution in [-0.2, 0) is 11.2 Å². The summed E-state index contributed by atoms with van der Waals surface area (Å²) in [4.78, 5) is 11.1. The van der Waals surface area contributed by atoms with Gasteiger partial charge in [0.05, 0.1) is 5.92 Å². The molecule has 4 heteroatoms. The van der Waals surface area contributed by atoms with Crippen molar-refractivity contribution in [3.63, 3.8) is 0 Å². The maximum Gasteiger partial charge on any atom is 0.306 e. The number of halogens is 1. The van der Waals surface area contributed by atoms with Crippen LogP contribution in [-0.4, -0.2) is 17.1 Å². The zero-order valence-corrected chi connectivity index (χ0v) is 11.4. The van der Waals surface area contributed by atoms with Gasteiger partial charge in [-0.1, -0.05) is 12.5 Å². The van der Waals surface area contributed by atoms with Crippen molar-refractivity contribution in [2.75, 3.05) is 0 Å². The van der Waals surface area contributed by atoms with Crippen LogP contribution in [0.3, 0.4) is 0 Å². The molecule has 2 aliphatic rings. The molecule has 0 aromatic heterocycles. The molecule has 0 aliphatic heterocycles. The molecule has 20 heavy (non-hydrogen) atoms. The van der Waals surface area contributed by atoms with Crippen LogP contribution in [0.5, 0.6) is 0 Å². The molecule has 0 amide bonds. The lowest BCUT2D eigenvalue weighted by Gasteiger charge is -2.30. The van der Waals surface area contributed by atoms with E-state index in [1.165, 1.54) is 11.6 Å². The van der Waals surface area contributed by atoms with Gasteiger partial charge in [-0.25, -0.2) is 4.39 Å². The van der Waals surface area contributed by atoms with Gasteiger partial charge in [-0.05, 0) is 55.4 Å². The summed E-state index contributed by atoms with van der Waals surface area (Å²) in [6, 6.07) is 5.53. The van der Waals surface area contributed by atoms with Gasteiger partial charge in [0.15, 0.2) is 0 Å². The zero-order chi connectivity index (χ0) is 14.1. The Bertz CT molecular complexity index is 517. The van der Waals surface area contributed by atoms with E-state index in [1.807, 2.05) is 6.07 Å². The molecule has 0 spiro atoms. The predicted molar refractivity (Wildman–Crippen MR) is 74.0 cm³/mol. The molecule has 0 heterocycles. The minimum atomic E-state index is -0.676. The fourth-order valence-electron chi connectivity index (χ4n) is 3.61. The maximum atomic E-state index is 13.2. The van der Waals surface area contributed by atoms with Crippen molar-refractivity contribution < 1.29 is 14.3 Å². The fraction of sp³-hybridized carbons (Fsp3) is 0.562. The van der Waals surface area contributed by atoms with E-state index in [0.29, 0.717) is 6.42 Å². The number of hydrogen-bond acceptors (Lipinski definition) is 2. The van der Waals surface area contributed by atoms with Crippen LogP contribution in [0.15, 0.2) is 18.2 Å². The second-order valence-electron chi connectivity index (χ2n) is 6.00. The van der Waals surface area contributed by atoms with Crippen LogP contribution in [0.4, 0.5) is 4.39 Å². The van der Waals surface area contributed by atoms with E-state index in [4.69, 9.17) is 5.11 Å². The van der Waals surface area contributed by atoms with Gasteiger partial charge < -0.3 is 10.4 Å². The second-order valence-corrected chi connectivity index (χ2v) is 6.00. The molecule has 2 N–H and O–H groups in total. The zero-order valence-electron chi connectivity index (χ0n) is 11.4. The molecule has 0 bridgehead atoms. The van der Waals surface area contributed by atoms with Crippen LogP contribution in [0.2, 0.25) is 0 Å². The normalized spacial score (nSPS) is 29.1. The summed E-state index contributed by atoms with van der Waals surface area (Å²) in [7, 11) is 0. The Morgan fingerprint density at radius 2 is 2.15 bits per heavy atom. The van der Waals surface area contributed by atoms with E-state index in [9.17, 15) is 9.18 Å². The number of carbonyl (C=O) groups is 1. The van der Waals surface area contributed by atoms with Gasteiger partial charge in [-0.2, -0.15) is 0 Å².